The molecule has 2 amide bonds. The predicted octanol–water partition coefficient (Wildman–Crippen LogP) is 5.33. The van der Waals surface area contributed by atoms with Crippen molar-refractivity contribution in [3.8, 4) is 5.75 Å². The average Bonchev–Trinajstić information content (AvgIpc) is 3.53. The van der Waals surface area contributed by atoms with Crippen molar-refractivity contribution >= 4 is 56.6 Å². The molecule has 0 spiro atoms. The number of anilines is 1. The highest BCUT2D eigenvalue weighted by Crippen LogP contribution is 2.23. The highest BCUT2D eigenvalue weighted by molar-refractivity contribution is 9.10. The fourth-order valence-electron chi connectivity index (χ4n) is 3.50. The first-order chi connectivity index (χ1) is 19.1. The van der Waals surface area contributed by atoms with Crippen LogP contribution in [-0.2, 0) is 11.3 Å². The van der Waals surface area contributed by atoms with Gasteiger partial charge in [-0.1, -0.05) is 23.7 Å². The SMILES string of the molecule is C/C(=N/NC(=O)c1ccc(Cn2cc(Br)c([N+](=O)[O-])n2)o1)c1ccc(NC(=O)COc2ccc(Cl)cc2C)cc1. The summed E-state index contributed by atoms with van der Waals surface area (Å²) in [5.41, 5.74) is 5.07. The number of hydrogen-bond acceptors (Lipinski definition) is 8. The third-order valence-electron chi connectivity index (χ3n) is 5.48. The summed E-state index contributed by atoms with van der Waals surface area (Å²) in [6.45, 7) is 3.49. The first-order valence-electron chi connectivity index (χ1n) is 11.7. The molecule has 206 valence electrons. The van der Waals surface area contributed by atoms with E-state index in [0.29, 0.717) is 27.9 Å². The zero-order chi connectivity index (χ0) is 28.8. The maximum absolute atomic E-state index is 12.5. The summed E-state index contributed by atoms with van der Waals surface area (Å²) in [6, 6.07) is 15.1. The van der Waals surface area contributed by atoms with Crippen LogP contribution in [0.25, 0.3) is 0 Å². The van der Waals surface area contributed by atoms with E-state index in [1.165, 1.54) is 16.9 Å². The largest absolute Gasteiger partial charge is 0.483 e. The lowest BCUT2D eigenvalue weighted by Gasteiger charge is -2.10. The number of benzene rings is 2. The number of carbonyl (C=O) groups is 2. The van der Waals surface area contributed by atoms with Gasteiger partial charge in [0, 0.05) is 10.7 Å². The van der Waals surface area contributed by atoms with E-state index in [-0.39, 0.29) is 35.1 Å². The Morgan fingerprint density at radius 3 is 2.62 bits per heavy atom. The molecule has 0 bridgehead atoms. The van der Waals surface area contributed by atoms with Gasteiger partial charge in [-0.05, 0) is 88.3 Å². The fraction of sp³-hybridized carbons (Fsp3) is 0.154. The summed E-state index contributed by atoms with van der Waals surface area (Å²) < 4.78 is 12.6. The maximum Gasteiger partial charge on any atom is 0.404 e. The zero-order valence-corrected chi connectivity index (χ0v) is 23.5. The summed E-state index contributed by atoms with van der Waals surface area (Å²) >= 11 is 9.02. The molecule has 14 heteroatoms. The third-order valence-corrected chi connectivity index (χ3v) is 6.28. The number of carbonyl (C=O) groups excluding carboxylic acids is 2. The van der Waals surface area contributed by atoms with Crippen LogP contribution in [0, 0.1) is 17.0 Å². The van der Waals surface area contributed by atoms with Crippen LogP contribution in [0.1, 0.15) is 34.4 Å². The van der Waals surface area contributed by atoms with Crippen molar-refractivity contribution < 1.29 is 23.7 Å². The second kappa shape index (κ2) is 12.6. The van der Waals surface area contributed by atoms with Gasteiger partial charge in [-0.2, -0.15) is 9.78 Å². The van der Waals surface area contributed by atoms with Gasteiger partial charge in [-0.3, -0.25) is 9.59 Å². The highest BCUT2D eigenvalue weighted by Gasteiger charge is 2.20. The van der Waals surface area contributed by atoms with Crippen LogP contribution in [-0.4, -0.2) is 38.8 Å². The minimum absolute atomic E-state index is 0.0151. The lowest BCUT2D eigenvalue weighted by atomic mass is 10.1. The molecule has 0 aliphatic rings. The van der Waals surface area contributed by atoms with Crippen molar-refractivity contribution in [3.05, 3.63) is 103 Å². The average molecular weight is 630 g/mol. The molecular formula is C26H22BrClN6O6. The van der Waals surface area contributed by atoms with Gasteiger partial charge < -0.3 is 24.6 Å². The Morgan fingerprint density at radius 1 is 1.20 bits per heavy atom. The highest BCUT2D eigenvalue weighted by atomic mass is 79.9. The van der Waals surface area contributed by atoms with Crippen molar-refractivity contribution in [2.24, 2.45) is 5.10 Å². The molecule has 4 rings (SSSR count). The number of hydrazone groups is 1. The lowest BCUT2D eigenvalue weighted by molar-refractivity contribution is -0.390. The number of amides is 2. The molecule has 40 heavy (non-hydrogen) atoms. The zero-order valence-electron chi connectivity index (χ0n) is 21.2. The monoisotopic (exact) mass is 628 g/mol. The quantitative estimate of drug-likeness (QED) is 0.137. The van der Waals surface area contributed by atoms with Gasteiger partial charge in [0.2, 0.25) is 0 Å². The Hall–Kier alpha value is -4.49. The molecule has 0 aliphatic heterocycles. The number of aryl methyl sites for hydroxylation is 1. The number of nitro groups is 1. The van der Waals surface area contributed by atoms with Crippen molar-refractivity contribution in [3.63, 3.8) is 0 Å². The topological polar surface area (TPSA) is 154 Å². The standard InChI is InChI=1S/C26H22BrClN6O6/c1-15-11-18(28)5-9-22(15)39-14-24(35)29-19-6-3-17(4-7-19)16(2)30-31-26(36)23-10-8-20(40-23)12-33-13-21(27)25(32-33)34(37)38/h3-11,13H,12,14H2,1-2H3,(H,29,35)(H,31,36)/b30-16-. The van der Waals surface area contributed by atoms with Crippen molar-refractivity contribution in [1.82, 2.24) is 15.2 Å². The normalized spacial score (nSPS) is 11.2. The van der Waals surface area contributed by atoms with E-state index < -0.39 is 10.8 Å². The van der Waals surface area contributed by atoms with Crippen molar-refractivity contribution in [2.45, 2.75) is 20.4 Å². The van der Waals surface area contributed by atoms with Crippen LogP contribution in [0.5, 0.6) is 5.75 Å². The second-order valence-corrected chi connectivity index (χ2v) is 9.77. The molecule has 0 saturated carbocycles. The van der Waals surface area contributed by atoms with E-state index in [2.05, 4.69) is 36.9 Å². The van der Waals surface area contributed by atoms with Gasteiger partial charge in [-0.25, -0.2) is 5.43 Å². The third kappa shape index (κ3) is 7.33. The van der Waals surface area contributed by atoms with E-state index in [9.17, 15) is 19.7 Å². The van der Waals surface area contributed by atoms with Gasteiger partial charge in [0.15, 0.2) is 12.4 Å². The van der Waals surface area contributed by atoms with Crippen LogP contribution in [0.2, 0.25) is 5.02 Å². The molecular weight excluding hydrogens is 608 g/mol. The lowest BCUT2D eigenvalue weighted by Crippen LogP contribution is -2.20. The Balaban J connectivity index is 1.28. The van der Waals surface area contributed by atoms with E-state index in [0.717, 1.165) is 11.1 Å². The van der Waals surface area contributed by atoms with Gasteiger partial charge >= 0.3 is 11.7 Å². The number of halogens is 2. The smallest absolute Gasteiger partial charge is 0.404 e. The molecule has 2 heterocycles. The molecule has 0 radical (unpaired) electrons. The second-order valence-electron chi connectivity index (χ2n) is 8.48. The maximum atomic E-state index is 12.5. The predicted molar refractivity (Wildman–Crippen MR) is 151 cm³/mol. The summed E-state index contributed by atoms with van der Waals surface area (Å²) in [5, 5.41) is 22.3. The minimum Gasteiger partial charge on any atom is -0.483 e. The van der Waals surface area contributed by atoms with E-state index in [4.69, 9.17) is 20.8 Å². The van der Waals surface area contributed by atoms with E-state index in [1.807, 2.05) is 6.92 Å². The van der Waals surface area contributed by atoms with E-state index in [1.54, 1.807) is 55.5 Å². The van der Waals surface area contributed by atoms with Crippen LogP contribution >= 0.6 is 27.5 Å². The molecule has 0 aliphatic carbocycles. The van der Waals surface area contributed by atoms with Gasteiger partial charge in [0.25, 0.3) is 5.91 Å². The number of hydrogen-bond donors (Lipinski definition) is 2. The molecule has 2 N–H and O–H groups in total. The molecule has 4 aromatic rings. The minimum atomic E-state index is -0.606. The number of aromatic nitrogens is 2. The number of nitrogens with zero attached hydrogens (tertiary/aromatic N) is 4. The molecule has 0 saturated heterocycles. The summed E-state index contributed by atoms with van der Waals surface area (Å²) in [4.78, 5) is 35.1. The number of nitrogens with one attached hydrogen (secondary N) is 2. The van der Waals surface area contributed by atoms with Crippen LogP contribution in [0.4, 0.5) is 11.5 Å². The van der Waals surface area contributed by atoms with Crippen LogP contribution in [0.15, 0.2) is 74.8 Å². The molecule has 0 unspecified atom stereocenters. The van der Waals surface area contributed by atoms with Crippen LogP contribution < -0.4 is 15.5 Å². The first-order valence-corrected chi connectivity index (χ1v) is 12.9. The molecule has 2 aromatic heterocycles. The Bertz CT molecular complexity index is 1600. The number of rotatable bonds is 10. The summed E-state index contributed by atoms with van der Waals surface area (Å²) in [5.74, 6) is -0.243. The summed E-state index contributed by atoms with van der Waals surface area (Å²) in [6.07, 6.45) is 1.45. The number of furan rings is 1. The van der Waals surface area contributed by atoms with Gasteiger partial charge in [0.05, 0.1) is 17.0 Å². The fourth-order valence-corrected chi connectivity index (χ4v) is 4.19. The first kappa shape index (κ1) is 28.5. The molecule has 0 fully saturated rings. The van der Waals surface area contributed by atoms with Gasteiger partial charge in [0.1, 0.15) is 22.5 Å². The molecule has 12 nitrogen and oxygen atoms in total. The number of ether oxygens (including phenoxy) is 1. The summed E-state index contributed by atoms with van der Waals surface area (Å²) in [7, 11) is 0. The Morgan fingerprint density at radius 2 is 1.95 bits per heavy atom. The Labute approximate surface area is 241 Å². The van der Waals surface area contributed by atoms with Gasteiger partial charge in [-0.15, -0.1) is 0 Å². The Kier molecular flexibility index (Phi) is 8.97. The van der Waals surface area contributed by atoms with Crippen LogP contribution in [0.3, 0.4) is 0 Å². The molecule has 2 aromatic carbocycles. The van der Waals surface area contributed by atoms with Crippen molar-refractivity contribution in [2.75, 3.05) is 11.9 Å². The van der Waals surface area contributed by atoms with Crippen molar-refractivity contribution in [1.29, 1.82) is 0 Å². The van der Waals surface area contributed by atoms with E-state index >= 15 is 0 Å². The molecule has 0 atom stereocenters.